The quantitative estimate of drug-likeness (QED) is 0.657. The van der Waals surface area contributed by atoms with E-state index in [2.05, 4.69) is 0 Å². The third kappa shape index (κ3) is 1.62. The molecule has 0 saturated heterocycles. The fourth-order valence-corrected chi connectivity index (χ4v) is 1.15. The largest absolute Gasteiger partial charge is 0.246 e. The second-order valence-electron chi connectivity index (χ2n) is 2.58. The summed E-state index contributed by atoms with van der Waals surface area (Å²) >= 11 is 0. The average Bonchev–Trinajstić information content (AvgIpc) is 2.16. The molecule has 0 spiro atoms. The Morgan fingerprint density at radius 1 is 1.42 bits per heavy atom. The van der Waals surface area contributed by atoms with E-state index in [0.717, 1.165) is 12.0 Å². The Balaban J connectivity index is 3.13. The number of nitrogens with zero attached hydrogens (tertiary/aromatic N) is 1. The maximum Gasteiger partial charge on any atom is 0.115 e. The molecule has 1 aromatic carbocycles. The molecule has 0 atom stereocenters. The van der Waals surface area contributed by atoms with Gasteiger partial charge in [-0.05, 0) is 29.7 Å². The predicted molar refractivity (Wildman–Crippen MR) is 45.3 cm³/mol. The van der Waals surface area contributed by atoms with Crippen LogP contribution in [0.15, 0.2) is 18.2 Å². The molecule has 0 saturated carbocycles. The molecule has 1 nitrogen and oxygen atoms in total. The van der Waals surface area contributed by atoms with Gasteiger partial charge >= 0.3 is 0 Å². The monoisotopic (exact) mass is 163 g/mol. The Morgan fingerprint density at radius 2 is 2.17 bits per heavy atom. The van der Waals surface area contributed by atoms with Crippen LogP contribution >= 0.6 is 0 Å². The van der Waals surface area contributed by atoms with Crippen molar-refractivity contribution in [2.75, 3.05) is 0 Å². The third-order valence-electron chi connectivity index (χ3n) is 1.86. The van der Waals surface area contributed by atoms with Crippen molar-refractivity contribution < 1.29 is 4.39 Å². The molecule has 1 aromatic rings. The van der Waals surface area contributed by atoms with E-state index in [1.165, 1.54) is 0 Å². The van der Waals surface area contributed by atoms with E-state index < -0.39 is 6.67 Å². The van der Waals surface area contributed by atoms with E-state index in [1.807, 2.05) is 13.0 Å². The molecule has 0 radical (unpaired) electrons. The highest BCUT2D eigenvalue weighted by atomic mass is 19.1. The fourth-order valence-electron chi connectivity index (χ4n) is 1.15. The van der Waals surface area contributed by atoms with Gasteiger partial charge in [-0.15, -0.1) is 0 Å². The van der Waals surface area contributed by atoms with Gasteiger partial charge in [-0.3, -0.25) is 0 Å². The summed E-state index contributed by atoms with van der Waals surface area (Å²) in [6.07, 6.45) is 0.773. The minimum absolute atomic E-state index is 0.450. The van der Waals surface area contributed by atoms with E-state index in [0.29, 0.717) is 11.1 Å². The summed E-state index contributed by atoms with van der Waals surface area (Å²) in [6.45, 7) is 1.50. The number of hydrogen-bond donors (Lipinski definition) is 0. The molecule has 0 aliphatic rings. The summed E-state index contributed by atoms with van der Waals surface area (Å²) in [5.41, 5.74) is 2.22. The van der Waals surface area contributed by atoms with Crippen molar-refractivity contribution in [2.45, 2.75) is 20.0 Å². The molecule has 0 heterocycles. The first-order valence-electron chi connectivity index (χ1n) is 3.89. The normalized spacial score (nSPS) is 9.42. The third-order valence-corrected chi connectivity index (χ3v) is 1.86. The first kappa shape index (κ1) is 8.73. The molecule has 0 aliphatic carbocycles. The first-order chi connectivity index (χ1) is 5.81. The van der Waals surface area contributed by atoms with Crippen LogP contribution in [0.2, 0.25) is 0 Å². The lowest BCUT2D eigenvalue weighted by Gasteiger charge is -2.02. The SMILES string of the molecule is CCc1cc(C#N)ccc1CF. The Kier molecular flexibility index (Phi) is 2.82. The lowest BCUT2D eigenvalue weighted by molar-refractivity contribution is 0.482. The first-order valence-corrected chi connectivity index (χ1v) is 3.89. The number of nitriles is 1. The zero-order valence-electron chi connectivity index (χ0n) is 6.97. The highest BCUT2D eigenvalue weighted by Crippen LogP contribution is 2.13. The second-order valence-corrected chi connectivity index (χ2v) is 2.58. The molecule has 62 valence electrons. The van der Waals surface area contributed by atoms with Crippen LogP contribution in [0.1, 0.15) is 23.6 Å². The van der Waals surface area contributed by atoms with Crippen molar-refractivity contribution in [2.24, 2.45) is 0 Å². The Bertz CT molecular complexity index is 312. The van der Waals surface area contributed by atoms with Gasteiger partial charge in [0.15, 0.2) is 0 Å². The van der Waals surface area contributed by atoms with Gasteiger partial charge in [0, 0.05) is 0 Å². The standard InChI is InChI=1S/C10H10FN/c1-2-9-5-8(7-12)3-4-10(9)6-11/h3-5H,2,6H2,1H3. The predicted octanol–water partition coefficient (Wildman–Crippen LogP) is 2.59. The van der Waals surface area contributed by atoms with Gasteiger partial charge in [-0.25, -0.2) is 4.39 Å². The summed E-state index contributed by atoms with van der Waals surface area (Å²) in [4.78, 5) is 0. The van der Waals surface area contributed by atoms with E-state index in [1.54, 1.807) is 18.2 Å². The van der Waals surface area contributed by atoms with E-state index in [-0.39, 0.29) is 0 Å². The molecule has 0 N–H and O–H groups in total. The molecule has 0 amide bonds. The number of rotatable bonds is 2. The number of halogens is 1. The van der Waals surface area contributed by atoms with Gasteiger partial charge in [0.05, 0.1) is 11.6 Å². The minimum Gasteiger partial charge on any atom is -0.246 e. The van der Waals surface area contributed by atoms with Crippen molar-refractivity contribution in [3.05, 3.63) is 34.9 Å². The molecular weight excluding hydrogens is 153 g/mol. The topological polar surface area (TPSA) is 23.8 Å². The molecule has 0 fully saturated rings. The van der Waals surface area contributed by atoms with Crippen LogP contribution in [0.3, 0.4) is 0 Å². The van der Waals surface area contributed by atoms with Crippen molar-refractivity contribution in [1.82, 2.24) is 0 Å². The van der Waals surface area contributed by atoms with Crippen LogP contribution in [-0.2, 0) is 13.1 Å². The zero-order valence-corrected chi connectivity index (χ0v) is 6.97. The van der Waals surface area contributed by atoms with Gasteiger partial charge in [-0.1, -0.05) is 13.0 Å². The zero-order chi connectivity index (χ0) is 8.97. The highest BCUT2D eigenvalue weighted by molar-refractivity contribution is 5.37. The lowest BCUT2D eigenvalue weighted by Crippen LogP contribution is -1.90. The molecule has 12 heavy (non-hydrogen) atoms. The van der Waals surface area contributed by atoms with Gasteiger partial charge in [0.1, 0.15) is 6.67 Å². The van der Waals surface area contributed by atoms with Crippen LogP contribution in [0.25, 0.3) is 0 Å². The van der Waals surface area contributed by atoms with Gasteiger partial charge in [0.2, 0.25) is 0 Å². The van der Waals surface area contributed by atoms with Crippen molar-refractivity contribution >= 4 is 0 Å². The van der Waals surface area contributed by atoms with Crippen LogP contribution < -0.4 is 0 Å². The van der Waals surface area contributed by atoms with Crippen LogP contribution in [0.4, 0.5) is 4.39 Å². The lowest BCUT2D eigenvalue weighted by atomic mass is 10.0. The van der Waals surface area contributed by atoms with E-state index >= 15 is 0 Å². The Morgan fingerprint density at radius 3 is 2.67 bits per heavy atom. The van der Waals surface area contributed by atoms with Crippen molar-refractivity contribution in [3.63, 3.8) is 0 Å². The molecule has 2 heteroatoms. The number of benzene rings is 1. The summed E-state index contributed by atoms with van der Waals surface area (Å²) in [5, 5.41) is 8.58. The van der Waals surface area contributed by atoms with Crippen molar-refractivity contribution in [3.8, 4) is 6.07 Å². The Hall–Kier alpha value is -1.36. The van der Waals surface area contributed by atoms with Crippen LogP contribution in [0, 0.1) is 11.3 Å². The molecule has 0 aromatic heterocycles. The summed E-state index contributed by atoms with van der Waals surface area (Å²) in [5.74, 6) is 0. The smallest absolute Gasteiger partial charge is 0.115 e. The van der Waals surface area contributed by atoms with E-state index in [4.69, 9.17) is 5.26 Å². The summed E-state index contributed by atoms with van der Waals surface area (Å²) in [7, 11) is 0. The average molecular weight is 163 g/mol. The number of aryl methyl sites for hydroxylation is 1. The van der Waals surface area contributed by atoms with Gasteiger partial charge in [0.25, 0.3) is 0 Å². The van der Waals surface area contributed by atoms with Crippen LogP contribution in [-0.4, -0.2) is 0 Å². The summed E-state index contributed by atoms with van der Waals surface area (Å²) in [6, 6.07) is 7.10. The molecule has 1 rings (SSSR count). The minimum atomic E-state index is -0.450. The maximum absolute atomic E-state index is 12.3. The van der Waals surface area contributed by atoms with Crippen molar-refractivity contribution in [1.29, 1.82) is 5.26 Å². The maximum atomic E-state index is 12.3. The molecule has 0 bridgehead atoms. The molecular formula is C10H10FN. The van der Waals surface area contributed by atoms with Crippen LogP contribution in [0.5, 0.6) is 0 Å². The van der Waals surface area contributed by atoms with Gasteiger partial charge in [-0.2, -0.15) is 5.26 Å². The highest BCUT2D eigenvalue weighted by Gasteiger charge is 2.00. The molecule has 0 unspecified atom stereocenters. The number of alkyl halides is 1. The fraction of sp³-hybridized carbons (Fsp3) is 0.300. The second kappa shape index (κ2) is 3.87. The molecule has 0 aliphatic heterocycles. The van der Waals surface area contributed by atoms with Gasteiger partial charge < -0.3 is 0 Å². The summed E-state index contributed by atoms with van der Waals surface area (Å²) < 4.78 is 12.3. The van der Waals surface area contributed by atoms with E-state index in [9.17, 15) is 4.39 Å². The Labute approximate surface area is 71.4 Å². The number of hydrogen-bond acceptors (Lipinski definition) is 1.